The van der Waals surface area contributed by atoms with Gasteiger partial charge < -0.3 is 9.47 Å². The first-order valence-electron chi connectivity index (χ1n) is 10.8. The Morgan fingerprint density at radius 3 is 2.17 bits per heavy atom. The molecular weight excluding hydrogens is 499 g/mol. The minimum absolute atomic E-state index is 0.344. The Bertz CT molecular complexity index is 1370. The van der Waals surface area contributed by atoms with Crippen molar-refractivity contribution < 1.29 is 19.1 Å². The van der Waals surface area contributed by atoms with Gasteiger partial charge in [0.1, 0.15) is 18.1 Å². The second-order valence-corrected chi connectivity index (χ2v) is 8.48. The van der Waals surface area contributed by atoms with Crippen LogP contribution in [0.15, 0.2) is 102 Å². The standard InChI is InChI=1S/C28H20Cl2N2O4/c29-23-10-14-25(15-11-23)35-18-20-4-8-21(9-5-20)27(33)32-31-17-19-6-12-26(13-7-19)36-28(34)22-2-1-3-24(30)16-22/h1-17H,18H2,(H,32,33). The summed E-state index contributed by atoms with van der Waals surface area (Å²) in [6.07, 6.45) is 1.49. The van der Waals surface area contributed by atoms with Crippen molar-refractivity contribution in [3.63, 3.8) is 0 Å². The van der Waals surface area contributed by atoms with E-state index in [0.717, 1.165) is 5.56 Å². The first-order chi connectivity index (χ1) is 17.5. The Balaban J connectivity index is 1.25. The van der Waals surface area contributed by atoms with Crippen LogP contribution in [-0.2, 0) is 6.61 Å². The fraction of sp³-hybridized carbons (Fsp3) is 0.0357. The number of halogens is 2. The van der Waals surface area contributed by atoms with E-state index in [2.05, 4.69) is 10.5 Å². The third kappa shape index (κ3) is 7.18. The first kappa shape index (κ1) is 25.0. The van der Waals surface area contributed by atoms with Crippen LogP contribution < -0.4 is 14.9 Å². The molecule has 0 saturated carbocycles. The van der Waals surface area contributed by atoms with Crippen LogP contribution in [-0.4, -0.2) is 18.1 Å². The van der Waals surface area contributed by atoms with Crippen LogP contribution in [0.4, 0.5) is 0 Å². The topological polar surface area (TPSA) is 77.0 Å². The summed E-state index contributed by atoms with van der Waals surface area (Å²) in [5.41, 5.74) is 4.95. The second-order valence-electron chi connectivity index (χ2n) is 7.61. The SMILES string of the molecule is O=C(NN=Cc1ccc(OC(=O)c2cccc(Cl)c2)cc1)c1ccc(COc2ccc(Cl)cc2)cc1. The molecule has 0 bridgehead atoms. The van der Waals surface area contributed by atoms with Crippen LogP contribution in [0.25, 0.3) is 0 Å². The van der Waals surface area contributed by atoms with E-state index in [1.54, 1.807) is 78.9 Å². The van der Waals surface area contributed by atoms with Crippen molar-refractivity contribution in [3.8, 4) is 11.5 Å². The molecule has 1 N–H and O–H groups in total. The zero-order valence-corrected chi connectivity index (χ0v) is 20.4. The fourth-order valence-electron chi connectivity index (χ4n) is 3.08. The van der Waals surface area contributed by atoms with E-state index in [1.165, 1.54) is 12.3 Å². The molecule has 0 atom stereocenters. The lowest BCUT2D eigenvalue weighted by Crippen LogP contribution is -2.17. The molecule has 0 heterocycles. The Morgan fingerprint density at radius 2 is 1.47 bits per heavy atom. The van der Waals surface area contributed by atoms with Crippen molar-refractivity contribution in [3.05, 3.63) is 129 Å². The number of nitrogens with one attached hydrogen (secondary N) is 1. The van der Waals surface area contributed by atoms with Crippen LogP contribution >= 0.6 is 23.2 Å². The minimum atomic E-state index is -0.506. The Labute approximate surface area is 218 Å². The van der Waals surface area contributed by atoms with E-state index < -0.39 is 5.97 Å². The molecule has 0 fully saturated rings. The maximum Gasteiger partial charge on any atom is 0.343 e. The molecule has 1 amide bonds. The van der Waals surface area contributed by atoms with E-state index in [4.69, 9.17) is 32.7 Å². The zero-order chi connectivity index (χ0) is 25.3. The molecule has 36 heavy (non-hydrogen) atoms. The highest BCUT2D eigenvalue weighted by atomic mass is 35.5. The van der Waals surface area contributed by atoms with Gasteiger partial charge in [-0.25, -0.2) is 10.2 Å². The number of ether oxygens (including phenoxy) is 2. The Kier molecular flexibility index (Phi) is 8.34. The van der Waals surface area contributed by atoms with Gasteiger partial charge in [0.25, 0.3) is 5.91 Å². The fourth-order valence-corrected chi connectivity index (χ4v) is 3.40. The number of carbonyl (C=O) groups excluding carboxylic acids is 2. The predicted octanol–water partition coefficient (Wildman–Crippen LogP) is 6.56. The molecule has 4 rings (SSSR count). The van der Waals surface area contributed by atoms with Gasteiger partial charge in [0.05, 0.1) is 11.8 Å². The van der Waals surface area contributed by atoms with Gasteiger partial charge in [-0.15, -0.1) is 0 Å². The summed E-state index contributed by atoms with van der Waals surface area (Å²) in [7, 11) is 0. The van der Waals surface area contributed by atoms with E-state index in [9.17, 15) is 9.59 Å². The molecule has 8 heteroatoms. The smallest absolute Gasteiger partial charge is 0.343 e. The van der Waals surface area contributed by atoms with Gasteiger partial charge in [0.15, 0.2) is 0 Å². The number of hydrogen-bond donors (Lipinski definition) is 1. The van der Waals surface area contributed by atoms with Crippen LogP contribution in [0.3, 0.4) is 0 Å². The van der Waals surface area contributed by atoms with Crippen molar-refractivity contribution in [2.75, 3.05) is 0 Å². The summed E-state index contributed by atoms with van der Waals surface area (Å²) in [5.74, 6) is 0.237. The van der Waals surface area contributed by atoms with Crippen LogP contribution in [0.2, 0.25) is 10.0 Å². The normalized spacial score (nSPS) is 10.7. The average Bonchev–Trinajstić information content (AvgIpc) is 2.89. The lowest BCUT2D eigenvalue weighted by atomic mass is 10.1. The molecule has 0 aliphatic heterocycles. The van der Waals surface area contributed by atoms with Gasteiger partial charge in [0, 0.05) is 15.6 Å². The first-order valence-corrected chi connectivity index (χ1v) is 11.6. The number of esters is 1. The highest BCUT2D eigenvalue weighted by molar-refractivity contribution is 6.31. The van der Waals surface area contributed by atoms with Crippen molar-refractivity contribution in [2.45, 2.75) is 6.61 Å². The molecule has 0 unspecified atom stereocenters. The Morgan fingerprint density at radius 1 is 0.778 bits per heavy atom. The average molecular weight is 519 g/mol. The quantitative estimate of drug-likeness (QED) is 0.124. The second kappa shape index (κ2) is 12.0. The number of benzene rings is 4. The zero-order valence-electron chi connectivity index (χ0n) is 18.9. The maximum atomic E-state index is 12.4. The van der Waals surface area contributed by atoms with Crippen LogP contribution in [0.5, 0.6) is 11.5 Å². The largest absolute Gasteiger partial charge is 0.489 e. The molecule has 0 spiro atoms. The maximum absolute atomic E-state index is 12.4. The monoisotopic (exact) mass is 518 g/mol. The molecule has 180 valence electrons. The number of amides is 1. The van der Waals surface area contributed by atoms with Gasteiger partial charge >= 0.3 is 5.97 Å². The van der Waals surface area contributed by atoms with Crippen LogP contribution in [0.1, 0.15) is 31.8 Å². The lowest BCUT2D eigenvalue weighted by molar-refractivity contribution is 0.0734. The highest BCUT2D eigenvalue weighted by Crippen LogP contribution is 2.18. The van der Waals surface area contributed by atoms with Gasteiger partial charge in [0.2, 0.25) is 0 Å². The molecule has 0 aliphatic rings. The highest BCUT2D eigenvalue weighted by Gasteiger charge is 2.09. The third-order valence-corrected chi connectivity index (χ3v) is 5.45. The van der Waals surface area contributed by atoms with Crippen molar-refractivity contribution >= 4 is 41.3 Å². The lowest BCUT2D eigenvalue weighted by Gasteiger charge is -2.07. The number of rotatable bonds is 8. The van der Waals surface area contributed by atoms with Gasteiger partial charge in [-0.05, 0) is 90.0 Å². The number of carbonyl (C=O) groups is 2. The molecular formula is C28H20Cl2N2O4. The number of hydrogen-bond acceptors (Lipinski definition) is 5. The molecule has 4 aromatic rings. The van der Waals surface area contributed by atoms with Crippen LogP contribution in [0, 0.1) is 0 Å². The molecule has 6 nitrogen and oxygen atoms in total. The van der Waals surface area contributed by atoms with Gasteiger partial charge in [-0.3, -0.25) is 4.79 Å². The van der Waals surface area contributed by atoms with E-state index in [1.807, 2.05) is 12.1 Å². The van der Waals surface area contributed by atoms with Crippen molar-refractivity contribution in [2.24, 2.45) is 5.10 Å². The molecule has 0 aliphatic carbocycles. The predicted molar refractivity (Wildman–Crippen MR) is 140 cm³/mol. The summed E-state index contributed by atoms with van der Waals surface area (Å²) in [5, 5.41) is 5.09. The number of nitrogens with zero attached hydrogens (tertiary/aromatic N) is 1. The van der Waals surface area contributed by atoms with E-state index in [0.29, 0.717) is 44.8 Å². The van der Waals surface area contributed by atoms with E-state index in [-0.39, 0.29) is 5.91 Å². The van der Waals surface area contributed by atoms with Crippen molar-refractivity contribution in [1.82, 2.24) is 5.43 Å². The minimum Gasteiger partial charge on any atom is -0.489 e. The van der Waals surface area contributed by atoms with Gasteiger partial charge in [-0.2, -0.15) is 5.10 Å². The summed E-state index contributed by atoms with van der Waals surface area (Å²) in [6, 6.07) is 27.4. The van der Waals surface area contributed by atoms with Gasteiger partial charge in [-0.1, -0.05) is 41.4 Å². The number of hydrazone groups is 1. The summed E-state index contributed by atoms with van der Waals surface area (Å²) >= 11 is 11.8. The molecule has 0 aromatic heterocycles. The Hall–Kier alpha value is -4.13. The van der Waals surface area contributed by atoms with E-state index >= 15 is 0 Å². The molecule has 0 saturated heterocycles. The summed E-state index contributed by atoms with van der Waals surface area (Å²) < 4.78 is 11.0. The molecule has 0 radical (unpaired) electrons. The van der Waals surface area contributed by atoms with Crippen molar-refractivity contribution in [1.29, 1.82) is 0 Å². The summed E-state index contributed by atoms with van der Waals surface area (Å²) in [4.78, 5) is 24.6. The molecule has 4 aromatic carbocycles. The third-order valence-electron chi connectivity index (χ3n) is 4.97. The summed E-state index contributed by atoms with van der Waals surface area (Å²) in [6.45, 7) is 0.367.